The molecule has 2 heterocycles. The van der Waals surface area contributed by atoms with Gasteiger partial charge < -0.3 is 15.4 Å². The monoisotopic (exact) mass is 303 g/mol. The number of aryl methyl sites for hydroxylation is 2. The molecule has 0 saturated carbocycles. The highest BCUT2D eigenvalue weighted by Crippen LogP contribution is 2.20. The Balaban J connectivity index is 1.78. The molecule has 22 heavy (non-hydrogen) atoms. The minimum absolute atomic E-state index is 0.0776. The van der Waals surface area contributed by atoms with Crippen LogP contribution in [0, 0.1) is 6.92 Å². The quantitative estimate of drug-likeness (QED) is 0.780. The lowest BCUT2D eigenvalue weighted by atomic mass is 10.2. The topological polar surface area (TPSA) is 81.1 Å². The van der Waals surface area contributed by atoms with Gasteiger partial charge >= 0.3 is 0 Å². The molecule has 1 amide bonds. The van der Waals surface area contributed by atoms with Gasteiger partial charge in [0.1, 0.15) is 0 Å². The van der Waals surface area contributed by atoms with E-state index in [1.807, 2.05) is 32.2 Å². The zero-order valence-corrected chi connectivity index (χ0v) is 13.1. The van der Waals surface area contributed by atoms with Crippen LogP contribution in [0.15, 0.2) is 24.4 Å². The van der Waals surface area contributed by atoms with Crippen molar-refractivity contribution < 1.29 is 9.53 Å². The first-order chi connectivity index (χ1) is 10.6. The SMILES string of the molecule is COc1c(CNCC(=O)NCc2ccccn2)c(C)nn1C. The molecule has 7 nitrogen and oxygen atoms in total. The molecular weight excluding hydrogens is 282 g/mol. The number of carbonyl (C=O) groups is 1. The third kappa shape index (κ3) is 4.05. The van der Waals surface area contributed by atoms with Crippen molar-refractivity contribution in [2.24, 2.45) is 7.05 Å². The Hall–Kier alpha value is -2.41. The van der Waals surface area contributed by atoms with Crippen LogP contribution < -0.4 is 15.4 Å². The maximum Gasteiger partial charge on any atom is 0.234 e. The van der Waals surface area contributed by atoms with Crippen molar-refractivity contribution in [2.45, 2.75) is 20.0 Å². The summed E-state index contributed by atoms with van der Waals surface area (Å²) in [7, 11) is 3.44. The van der Waals surface area contributed by atoms with Gasteiger partial charge in [0.25, 0.3) is 0 Å². The standard InChI is InChI=1S/C15H21N5O2/c1-11-13(15(22-3)20(2)19-11)9-16-10-14(21)18-8-12-6-4-5-7-17-12/h4-7,16H,8-10H2,1-3H3,(H,18,21). The van der Waals surface area contributed by atoms with Crippen LogP contribution >= 0.6 is 0 Å². The summed E-state index contributed by atoms with van der Waals surface area (Å²) in [6.45, 7) is 3.10. The van der Waals surface area contributed by atoms with E-state index >= 15 is 0 Å². The summed E-state index contributed by atoms with van der Waals surface area (Å²) in [5.74, 6) is 0.630. The average molecular weight is 303 g/mol. The number of methoxy groups -OCH3 is 1. The van der Waals surface area contributed by atoms with Gasteiger partial charge in [-0.2, -0.15) is 5.10 Å². The molecule has 2 aromatic rings. The number of amides is 1. The molecule has 0 spiro atoms. The minimum Gasteiger partial charge on any atom is -0.481 e. The maximum atomic E-state index is 11.8. The van der Waals surface area contributed by atoms with Crippen LogP contribution in [0.25, 0.3) is 0 Å². The van der Waals surface area contributed by atoms with E-state index in [0.29, 0.717) is 19.0 Å². The van der Waals surface area contributed by atoms with Gasteiger partial charge in [-0.3, -0.25) is 9.78 Å². The minimum atomic E-state index is -0.0776. The number of ether oxygens (including phenoxy) is 1. The zero-order chi connectivity index (χ0) is 15.9. The van der Waals surface area contributed by atoms with Crippen LogP contribution in [0.3, 0.4) is 0 Å². The second kappa shape index (κ2) is 7.56. The van der Waals surface area contributed by atoms with Crippen molar-refractivity contribution in [3.63, 3.8) is 0 Å². The van der Waals surface area contributed by atoms with E-state index in [2.05, 4.69) is 20.7 Å². The molecule has 2 aromatic heterocycles. The van der Waals surface area contributed by atoms with Crippen LogP contribution in [0.4, 0.5) is 0 Å². The molecular formula is C15H21N5O2. The summed E-state index contributed by atoms with van der Waals surface area (Å²) in [5, 5.41) is 10.2. The molecule has 0 atom stereocenters. The first-order valence-corrected chi connectivity index (χ1v) is 7.05. The molecule has 2 rings (SSSR count). The summed E-state index contributed by atoms with van der Waals surface area (Å²) < 4.78 is 7.00. The van der Waals surface area contributed by atoms with Gasteiger partial charge in [0.15, 0.2) is 0 Å². The third-order valence-corrected chi connectivity index (χ3v) is 3.26. The molecule has 118 valence electrons. The first-order valence-electron chi connectivity index (χ1n) is 7.05. The van der Waals surface area contributed by atoms with E-state index in [4.69, 9.17) is 4.74 Å². The number of hydrogen-bond acceptors (Lipinski definition) is 5. The molecule has 0 unspecified atom stereocenters. The maximum absolute atomic E-state index is 11.8. The fourth-order valence-electron chi connectivity index (χ4n) is 2.20. The van der Waals surface area contributed by atoms with Crippen molar-refractivity contribution in [1.82, 2.24) is 25.4 Å². The largest absolute Gasteiger partial charge is 0.481 e. The van der Waals surface area contributed by atoms with Crippen molar-refractivity contribution in [3.05, 3.63) is 41.3 Å². The van der Waals surface area contributed by atoms with Crippen LogP contribution in [-0.2, 0) is 24.9 Å². The van der Waals surface area contributed by atoms with E-state index in [1.54, 1.807) is 18.0 Å². The summed E-state index contributed by atoms with van der Waals surface area (Å²) in [6, 6.07) is 5.61. The first kappa shape index (κ1) is 16.0. The summed E-state index contributed by atoms with van der Waals surface area (Å²) >= 11 is 0. The number of pyridine rings is 1. The number of nitrogens with one attached hydrogen (secondary N) is 2. The van der Waals surface area contributed by atoms with E-state index < -0.39 is 0 Å². The Morgan fingerprint density at radius 3 is 2.86 bits per heavy atom. The Labute approximate surface area is 129 Å². The Bertz CT molecular complexity index is 624. The van der Waals surface area contributed by atoms with Gasteiger partial charge in [0.2, 0.25) is 11.8 Å². The molecule has 2 N–H and O–H groups in total. The number of nitrogens with zero attached hydrogens (tertiary/aromatic N) is 3. The van der Waals surface area contributed by atoms with E-state index in [-0.39, 0.29) is 12.5 Å². The van der Waals surface area contributed by atoms with Gasteiger partial charge in [-0.15, -0.1) is 0 Å². The third-order valence-electron chi connectivity index (χ3n) is 3.26. The summed E-state index contributed by atoms with van der Waals surface area (Å²) in [5.41, 5.74) is 2.68. The Morgan fingerprint density at radius 2 is 2.18 bits per heavy atom. The van der Waals surface area contributed by atoms with E-state index in [0.717, 1.165) is 17.0 Å². The second-order valence-corrected chi connectivity index (χ2v) is 4.90. The number of aromatic nitrogens is 3. The van der Waals surface area contributed by atoms with Crippen LogP contribution in [0.2, 0.25) is 0 Å². The van der Waals surface area contributed by atoms with Crippen molar-refractivity contribution >= 4 is 5.91 Å². The fraction of sp³-hybridized carbons (Fsp3) is 0.400. The number of hydrogen-bond donors (Lipinski definition) is 2. The van der Waals surface area contributed by atoms with Gasteiger partial charge in [-0.05, 0) is 19.1 Å². The highest BCUT2D eigenvalue weighted by molar-refractivity contribution is 5.77. The van der Waals surface area contributed by atoms with Gasteiger partial charge in [-0.1, -0.05) is 6.07 Å². The van der Waals surface area contributed by atoms with Gasteiger partial charge in [-0.25, -0.2) is 4.68 Å². The average Bonchev–Trinajstić information content (AvgIpc) is 2.79. The van der Waals surface area contributed by atoms with Crippen LogP contribution in [-0.4, -0.2) is 34.3 Å². The molecule has 0 aromatic carbocycles. The lowest BCUT2D eigenvalue weighted by Gasteiger charge is -2.08. The van der Waals surface area contributed by atoms with E-state index in [9.17, 15) is 4.79 Å². The lowest BCUT2D eigenvalue weighted by molar-refractivity contribution is -0.120. The molecule has 0 aliphatic rings. The van der Waals surface area contributed by atoms with Crippen LogP contribution in [0.1, 0.15) is 17.0 Å². The normalized spacial score (nSPS) is 10.5. The molecule has 0 aliphatic carbocycles. The zero-order valence-electron chi connectivity index (χ0n) is 13.1. The smallest absolute Gasteiger partial charge is 0.234 e. The molecule has 0 bridgehead atoms. The Morgan fingerprint density at radius 1 is 1.36 bits per heavy atom. The predicted octanol–water partition coefficient (Wildman–Crippen LogP) is 0.538. The lowest BCUT2D eigenvalue weighted by Crippen LogP contribution is -2.33. The summed E-state index contributed by atoms with van der Waals surface area (Å²) in [4.78, 5) is 16.0. The molecule has 0 saturated heterocycles. The molecule has 0 fully saturated rings. The highest BCUT2D eigenvalue weighted by atomic mass is 16.5. The highest BCUT2D eigenvalue weighted by Gasteiger charge is 2.13. The Kier molecular flexibility index (Phi) is 5.48. The van der Waals surface area contributed by atoms with Crippen molar-refractivity contribution in [1.29, 1.82) is 0 Å². The molecule has 0 radical (unpaired) electrons. The fourth-order valence-corrected chi connectivity index (χ4v) is 2.20. The molecule has 7 heteroatoms. The van der Waals surface area contributed by atoms with Crippen molar-refractivity contribution in [3.8, 4) is 5.88 Å². The second-order valence-electron chi connectivity index (χ2n) is 4.90. The number of rotatable bonds is 7. The summed E-state index contributed by atoms with van der Waals surface area (Å²) in [6.07, 6.45) is 1.71. The van der Waals surface area contributed by atoms with Crippen LogP contribution in [0.5, 0.6) is 5.88 Å². The van der Waals surface area contributed by atoms with Gasteiger partial charge in [0.05, 0.1) is 37.2 Å². The predicted molar refractivity (Wildman–Crippen MR) is 82.3 cm³/mol. The van der Waals surface area contributed by atoms with Gasteiger partial charge in [0, 0.05) is 19.8 Å². The van der Waals surface area contributed by atoms with E-state index in [1.165, 1.54) is 0 Å². The van der Waals surface area contributed by atoms with Crippen molar-refractivity contribution in [2.75, 3.05) is 13.7 Å². The number of carbonyl (C=O) groups excluding carboxylic acids is 1. The molecule has 0 aliphatic heterocycles.